The van der Waals surface area contributed by atoms with Crippen LogP contribution in [0.4, 0.5) is 13.2 Å². The lowest BCUT2D eigenvalue weighted by atomic mass is 10.1. The molecule has 0 radical (unpaired) electrons. The normalized spacial score (nSPS) is 11.6. The Morgan fingerprint density at radius 2 is 1.04 bits per heavy atom. The summed E-state index contributed by atoms with van der Waals surface area (Å²) in [5.74, 6) is 1.97. The summed E-state index contributed by atoms with van der Waals surface area (Å²) in [7, 11) is -2.93. The standard InChI is InChI=1S/C32H33O3S2.CHF3O3S/c1-20-16-29(17-21(2)31(20)34-6)37(30-18-22(3)32(35-7)23(4)19-30)28-14-12-27(13-15-28)36-26-10-8-25(9-11-26)24(5)33;2-1(3,4)8(5,6)7/h8-19H,1-7H3;(H,5,6,7)/q+1;/p-1. The molecule has 0 N–H and O–H groups in total. The van der Waals surface area contributed by atoms with Crippen LogP contribution in [-0.2, 0) is 21.0 Å². The van der Waals surface area contributed by atoms with E-state index in [4.69, 9.17) is 22.4 Å². The van der Waals surface area contributed by atoms with Crippen LogP contribution in [0, 0.1) is 27.7 Å². The van der Waals surface area contributed by atoms with Gasteiger partial charge in [0.2, 0.25) is 0 Å². The van der Waals surface area contributed by atoms with Crippen molar-refractivity contribution in [3.05, 3.63) is 101 Å². The third-order valence-corrected chi connectivity index (χ3v) is 10.3. The average Bonchev–Trinajstić information content (AvgIpc) is 2.93. The third-order valence-electron chi connectivity index (χ3n) is 6.59. The highest BCUT2D eigenvalue weighted by molar-refractivity contribution is 7.99. The zero-order valence-corrected chi connectivity index (χ0v) is 28.2. The molecule has 0 saturated carbocycles. The molecule has 0 spiro atoms. The quantitative estimate of drug-likeness (QED) is 0.0799. The van der Waals surface area contributed by atoms with Crippen molar-refractivity contribution >= 4 is 38.6 Å². The highest BCUT2D eigenvalue weighted by Crippen LogP contribution is 2.39. The molecule has 240 valence electrons. The van der Waals surface area contributed by atoms with Gasteiger partial charge in [0.1, 0.15) is 11.5 Å². The third kappa shape index (κ3) is 9.06. The second kappa shape index (κ2) is 14.8. The summed E-state index contributed by atoms with van der Waals surface area (Å²) < 4.78 is 70.2. The van der Waals surface area contributed by atoms with Crippen molar-refractivity contribution < 1.29 is 40.4 Å². The van der Waals surface area contributed by atoms with Gasteiger partial charge in [-0.1, -0.05) is 23.9 Å². The van der Waals surface area contributed by atoms with E-state index in [1.807, 2.05) is 24.3 Å². The Morgan fingerprint density at radius 1 is 0.711 bits per heavy atom. The summed E-state index contributed by atoms with van der Waals surface area (Å²) in [4.78, 5) is 17.6. The Labute approximate surface area is 269 Å². The number of alkyl halides is 3. The van der Waals surface area contributed by atoms with Crippen LogP contribution >= 0.6 is 11.8 Å². The Kier molecular flexibility index (Phi) is 11.8. The number of halogens is 3. The van der Waals surface area contributed by atoms with Crippen LogP contribution in [0.2, 0.25) is 0 Å². The van der Waals surface area contributed by atoms with Gasteiger partial charge < -0.3 is 14.0 Å². The summed E-state index contributed by atoms with van der Waals surface area (Å²) in [5, 5.41) is 0. The number of carbonyl (C=O) groups excluding carboxylic acids is 1. The molecule has 0 saturated heterocycles. The van der Waals surface area contributed by atoms with Gasteiger partial charge >= 0.3 is 5.51 Å². The van der Waals surface area contributed by atoms with E-state index >= 15 is 0 Å². The van der Waals surface area contributed by atoms with Gasteiger partial charge in [-0.2, -0.15) is 13.2 Å². The fraction of sp³-hybridized carbons (Fsp3) is 0.242. The van der Waals surface area contributed by atoms with Crippen molar-refractivity contribution in [3.63, 3.8) is 0 Å². The van der Waals surface area contributed by atoms with Crippen LogP contribution in [0.3, 0.4) is 0 Å². The Morgan fingerprint density at radius 3 is 1.33 bits per heavy atom. The van der Waals surface area contributed by atoms with E-state index in [9.17, 15) is 18.0 Å². The highest BCUT2D eigenvalue weighted by Gasteiger charge is 2.37. The van der Waals surface area contributed by atoms with Crippen molar-refractivity contribution in [1.29, 1.82) is 0 Å². The topological polar surface area (TPSA) is 92.7 Å². The van der Waals surface area contributed by atoms with Crippen molar-refractivity contribution in [2.75, 3.05) is 14.2 Å². The molecule has 0 aliphatic heterocycles. The number of Topliss-reactive ketones (excluding diaryl/α,β-unsaturated/α-hetero) is 1. The van der Waals surface area contributed by atoms with E-state index in [0.29, 0.717) is 0 Å². The van der Waals surface area contributed by atoms with Crippen molar-refractivity contribution in [2.24, 2.45) is 0 Å². The molecule has 4 aromatic rings. The number of carbonyl (C=O) groups is 1. The molecule has 0 aliphatic carbocycles. The second-order valence-electron chi connectivity index (χ2n) is 10.0. The first-order valence-corrected chi connectivity index (χ1v) is 16.9. The number of benzene rings is 4. The first-order chi connectivity index (χ1) is 21.0. The Hall–Kier alpha value is -3.45. The summed E-state index contributed by atoms with van der Waals surface area (Å²) in [6.07, 6.45) is 0. The summed E-state index contributed by atoms with van der Waals surface area (Å²) in [6.45, 7) is 10.0. The first kappa shape index (κ1) is 36.0. The monoisotopic (exact) mass is 678 g/mol. The number of hydrogen-bond acceptors (Lipinski definition) is 7. The molecule has 0 aliphatic rings. The summed E-state index contributed by atoms with van der Waals surface area (Å²) in [5.41, 5.74) is -0.362. The smallest absolute Gasteiger partial charge is 0.485 e. The number of rotatable bonds is 8. The van der Waals surface area contributed by atoms with Crippen molar-refractivity contribution in [2.45, 2.75) is 64.6 Å². The first-order valence-electron chi connectivity index (χ1n) is 13.4. The Bertz CT molecular complexity index is 1660. The maximum absolute atomic E-state index is 11.6. The molecule has 0 heterocycles. The van der Waals surface area contributed by atoms with Crippen molar-refractivity contribution in [3.8, 4) is 11.5 Å². The molecule has 45 heavy (non-hydrogen) atoms. The zero-order chi connectivity index (χ0) is 33.7. The van der Waals surface area contributed by atoms with Crippen LogP contribution in [0.15, 0.2) is 97.3 Å². The number of aryl methyl sites for hydroxylation is 4. The average molecular weight is 679 g/mol. The molecular weight excluding hydrogens is 646 g/mol. The van der Waals surface area contributed by atoms with Gasteiger partial charge in [0.25, 0.3) is 0 Å². The fourth-order valence-corrected chi connectivity index (χ4v) is 7.87. The lowest BCUT2D eigenvalue weighted by Gasteiger charge is -2.15. The van der Waals surface area contributed by atoms with Gasteiger partial charge in [0.15, 0.2) is 30.6 Å². The predicted molar refractivity (Wildman–Crippen MR) is 170 cm³/mol. The lowest BCUT2D eigenvalue weighted by molar-refractivity contribution is -0.0517. The van der Waals surface area contributed by atoms with Crippen LogP contribution in [0.1, 0.15) is 39.5 Å². The number of ether oxygens (including phenoxy) is 2. The lowest BCUT2D eigenvalue weighted by Crippen LogP contribution is -2.21. The molecule has 0 fully saturated rings. The molecule has 6 nitrogen and oxygen atoms in total. The summed E-state index contributed by atoms with van der Waals surface area (Å²) >= 11 is 1.70. The van der Waals surface area contributed by atoms with Crippen LogP contribution < -0.4 is 9.47 Å². The van der Waals surface area contributed by atoms with E-state index in [2.05, 4.69) is 76.2 Å². The molecule has 0 unspecified atom stereocenters. The van der Waals surface area contributed by atoms with Crippen LogP contribution in [0.5, 0.6) is 11.5 Å². The highest BCUT2D eigenvalue weighted by atomic mass is 32.2. The van der Waals surface area contributed by atoms with E-state index < -0.39 is 15.6 Å². The molecular formula is C33H33F3O6S3. The number of methoxy groups -OCH3 is 2. The molecule has 12 heteroatoms. The number of ketones is 1. The second-order valence-corrected chi connectivity index (χ2v) is 14.6. The van der Waals surface area contributed by atoms with Crippen LogP contribution in [-0.4, -0.2) is 38.5 Å². The Balaban J connectivity index is 0.000000610. The fourth-order valence-electron chi connectivity index (χ4n) is 4.65. The molecule has 0 amide bonds. The van der Waals surface area contributed by atoms with Gasteiger partial charge in [0.05, 0.1) is 25.1 Å². The largest absolute Gasteiger partial charge is 0.741 e. The minimum atomic E-state index is -6.09. The van der Waals surface area contributed by atoms with E-state index in [-0.39, 0.29) is 16.7 Å². The molecule has 4 rings (SSSR count). The van der Waals surface area contributed by atoms with Gasteiger partial charge in [-0.3, -0.25) is 4.79 Å². The van der Waals surface area contributed by atoms with Gasteiger partial charge in [-0.05, 0) is 93.3 Å². The van der Waals surface area contributed by atoms with Crippen LogP contribution in [0.25, 0.3) is 0 Å². The predicted octanol–water partition coefficient (Wildman–Crippen LogP) is 8.44. The molecule has 0 atom stereocenters. The molecule has 0 aromatic heterocycles. The SMILES string of the molecule is COc1c(C)cc([S+](c2ccc(Sc3ccc(C(C)=O)cc3)cc2)c2cc(C)c(OC)c(C)c2)cc1C.O=S(=O)([O-])C(F)(F)F. The van der Waals surface area contributed by atoms with Gasteiger partial charge in [-0.15, -0.1) is 0 Å². The molecule has 0 bridgehead atoms. The van der Waals surface area contributed by atoms with E-state index in [0.717, 1.165) is 49.1 Å². The molecule has 4 aromatic carbocycles. The summed E-state index contributed by atoms with van der Waals surface area (Å²) in [6, 6.07) is 25.6. The van der Waals surface area contributed by atoms with Gasteiger partial charge in [0, 0.05) is 39.6 Å². The number of hydrogen-bond donors (Lipinski definition) is 0. The van der Waals surface area contributed by atoms with Gasteiger partial charge in [-0.25, -0.2) is 8.42 Å². The minimum Gasteiger partial charge on any atom is -0.741 e. The minimum absolute atomic E-state index is 0.0842. The maximum Gasteiger partial charge on any atom is 0.485 e. The van der Waals surface area contributed by atoms with E-state index in [1.54, 1.807) is 32.9 Å². The van der Waals surface area contributed by atoms with E-state index in [1.165, 1.54) is 14.7 Å². The van der Waals surface area contributed by atoms with Crippen molar-refractivity contribution in [1.82, 2.24) is 0 Å². The zero-order valence-electron chi connectivity index (χ0n) is 25.7. The maximum atomic E-state index is 11.6.